The molecule has 6 aliphatic rings. The molecule has 0 spiro atoms. The minimum atomic E-state index is -1.65. The molecule has 17 atom stereocenters. The predicted octanol–water partition coefficient (Wildman–Crippen LogP) is 4.54. The summed E-state index contributed by atoms with van der Waals surface area (Å²) in [6.45, 7) is 19.7. The van der Waals surface area contributed by atoms with Crippen LogP contribution < -0.4 is 0 Å². The number of aliphatic hydroxyl groups excluding tert-OH is 5. The number of carbonyl (C=O) groups is 3. The van der Waals surface area contributed by atoms with Crippen LogP contribution in [0.15, 0.2) is 23.3 Å². The van der Waals surface area contributed by atoms with Crippen molar-refractivity contribution < 1.29 is 63.6 Å². The summed E-state index contributed by atoms with van der Waals surface area (Å²) in [6, 6.07) is 0. The van der Waals surface area contributed by atoms with Crippen LogP contribution in [0.5, 0.6) is 0 Å². The summed E-state index contributed by atoms with van der Waals surface area (Å²) < 4.78 is 30.3. The van der Waals surface area contributed by atoms with Gasteiger partial charge in [0.25, 0.3) is 0 Å². The van der Waals surface area contributed by atoms with Gasteiger partial charge in [0.1, 0.15) is 18.3 Å². The smallest absolute Gasteiger partial charge is 0.333 e. The molecule has 0 radical (unpaired) electrons. The molecule has 0 bridgehead atoms. The van der Waals surface area contributed by atoms with Crippen molar-refractivity contribution in [3.05, 3.63) is 23.3 Å². The van der Waals surface area contributed by atoms with E-state index in [-0.39, 0.29) is 34.8 Å². The molecule has 13 heteroatoms. The highest BCUT2D eigenvalue weighted by Crippen LogP contribution is 2.76. The van der Waals surface area contributed by atoms with Gasteiger partial charge in [-0.2, -0.15) is 0 Å². The molecule has 13 nitrogen and oxygen atoms in total. The molecular formula is C45H70O13. The molecule has 0 aromatic rings. The highest BCUT2D eigenvalue weighted by molar-refractivity contribution is 5.87. The van der Waals surface area contributed by atoms with Crippen LogP contribution in [0, 0.1) is 50.2 Å². The Labute approximate surface area is 343 Å². The topological polar surface area (TPSA) is 199 Å². The van der Waals surface area contributed by atoms with Crippen LogP contribution in [0.1, 0.15) is 121 Å². The Bertz CT molecular complexity index is 1670. The molecule has 328 valence electrons. The van der Waals surface area contributed by atoms with Crippen LogP contribution >= 0.6 is 0 Å². The van der Waals surface area contributed by atoms with Crippen molar-refractivity contribution >= 4 is 17.9 Å². The molecule has 0 amide bonds. The highest BCUT2D eigenvalue weighted by Gasteiger charge is 2.73. The average Bonchev–Trinajstić information content (AvgIpc) is 3.14. The molecular weight excluding hydrogens is 748 g/mol. The number of hydrogen-bond acceptors (Lipinski definition) is 13. The molecule has 0 unspecified atom stereocenters. The van der Waals surface area contributed by atoms with E-state index < -0.39 is 107 Å². The van der Waals surface area contributed by atoms with Crippen molar-refractivity contribution in [2.24, 2.45) is 50.2 Å². The van der Waals surface area contributed by atoms with Crippen LogP contribution in [0.25, 0.3) is 0 Å². The number of esters is 3. The monoisotopic (exact) mass is 818 g/mol. The SMILES string of the molecule is C/C=C(/C)C(=O)O[C@@H]1[C@@H](O)[C@H](O[C@H]2[C@H](OC(C)=O)[C@]3(CO)[C@H](O)C[C@]4(C)C(=CC[C@@H]5[C@@]6(C)CC[C@H](O)[C@](C)(CO)[C@@H]6CC[C@]54C)[C@@H]3CC2(C)C)O[C@H](C)[C@@H]1OC(C)=O. The Morgan fingerprint density at radius 1 is 0.828 bits per heavy atom. The predicted molar refractivity (Wildman–Crippen MR) is 211 cm³/mol. The number of aliphatic hydroxyl groups is 5. The van der Waals surface area contributed by atoms with E-state index in [0.29, 0.717) is 19.3 Å². The maximum absolute atomic E-state index is 13.1. The van der Waals surface area contributed by atoms with Gasteiger partial charge in [0.2, 0.25) is 0 Å². The first-order valence-corrected chi connectivity index (χ1v) is 21.4. The average molecular weight is 819 g/mol. The Balaban J connectivity index is 1.39. The molecule has 1 saturated heterocycles. The lowest BCUT2D eigenvalue weighted by atomic mass is 9.33. The maximum atomic E-state index is 13.1. The minimum Gasteiger partial charge on any atom is -0.459 e. The zero-order valence-corrected chi connectivity index (χ0v) is 36.4. The molecule has 5 fully saturated rings. The fourth-order valence-corrected chi connectivity index (χ4v) is 13.5. The Hall–Kier alpha value is -2.39. The molecule has 5 aliphatic carbocycles. The van der Waals surface area contributed by atoms with E-state index in [9.17, 15) is 39.9 Å². The van der Waals surface area contributed by atoms with Crippen molar-refractivity contribution in [3.8, 4) is 0 Å². The maximum Gasteiger partial charge on any atom is 0.333 e. The third kappa shape index (κ3) is 6.63. The van der Waals surface area contributed by atoms with Gasteiger partial charge in [-0.3, -0.25) is 9.59 Å². The van der Waals surface area contributed by atoms with Gasteiger partial charge in [-0.25, -0.2) is 4.79 Å². The molecule has 1 heterocycles. The Morgan fingerprint density at radius 2 is 1.48 bits per heavy atom. The largest absolute Gasteiger partial charge is 0.459 e. The summed E-state index contributed by atoms with van der Waals surface area (Å²) in [7, 11) is 0. The van der Waals surface area contributed by atoms with E-state index in [1.165, 1.54) is 13.8 Å². The van der Waals surface area contributed by atoms with Crippen LogP contribution in [0.4, 0.5) is 0 Å². The number of ether oxygens (including phenoxy) is 5. The van der Waals surface area contributed by atoms with Crippen molar-refractivity contribution in [1.82, 2.24) is 0 Å². The lowest BCUT2D eigenvalue weighted by Crippen LogP contribution is -2.73. The molecule has 5 N–H and O–H groups in total. The fraction of sp³-hybridized carbons (Fsp3) is 0.844. The van der Waals surface area contributed by atoms with Crippen molar-refractivity contribution in [1.29, 1.82) is 0 Å². The molecule has 0 aromatic heterocycles. The van der Waals surface area contributed by atoms with Crippen molar-refractivity contribution in [2.75, 3.05) is 13.2 Å². The van der Waals surface area contributed by atoms with Gasteiger partial charge in [-0.1, -0.05) is 59.3 Å². The third-order valence-corrected chi connectivity index (χ3v) is 17.1. The van der Waals surface area contributed by atoms with Gasteiger partial charge in [0.15, 0.2) is 18.5 Å². The number of rotatable bonds is 8. The number of fused-ring (bicyclic) bond motifs is 7. The zero-order chi connectivity index (χ0) is 43.1. The zero-order valence-electron chi connectivity index (χ0n) is 36.4. The minimum absolute atomic E-state index is 0.0812. The van der Waals surface area contributed by atoms with E-state index in [2.05, 4.69) is 26.8 Å². The fourth-order valence-electron chi connectivity index (χ4n) is 13.5. The lowest BCUT2D eigenvalue weighted by molar-refractivity contribution is -0.342. The van der Waals surface area contributed by atoms with E-state index >= 15 is 0 Å². The first kappa shape index (κ1) is 45.1. The first-order valence-electron chi connectivity index (χ1n) is 21.4. The van der Waals surface area contributed by atoms with Gasteiger partial charge < -0.3 is 49.2 Å². The van der Waals surface area contributed by atoms with E-state index in [4.69, 9.17) is 23.7 Å². The molecule has 4 saturated carbocycles. The van der Waals surface area contributed by atoms with Crippen molar-refractivity contribution in [3.63, 3.8) is 0 Å². The second-order valence-corrected chi connectivity index (χ2v) is 20.5. The first-order chi connectivity index (χ1) is 26.9. The second kappa shape index (κ2) is 15.5. The van der Waals surface area contributed by atoms with Crippen LogP contribution in [-0.4, -0.2) is 112 Å². The molecule has 6 rings (SSSR count). The molecule has 58 heavy (non-hydrogen) atoms. The number of hydrogen-bond donors (Lipinski definition) is 5. The van der Waals surface area contributed by atoms with Crippen LogP contribution in [-0.2, 0) is 38.1 Å². The van der Waals surface area contributed by atoms with E-state index in [1.807, 2.05) is 20.8 Å². The molecule has 0 aromatic carbocycles. The van der Waals surface area contributed by atoms with Crippen LogP contribution in [0.3, 0.4) is 0 Å². The third-order valence-electron chi connectivity index (χ3n) is 17.1. The van der Waals surface area contributed by atoms with E-state index in [1.54, 1.807) is 26.8 Å². The number of carbonyl (C=O) groups excluding carboxylic acids is 3. The lowest BCUT2D eigenvalue weighted by Gasteiger charge is -2.72. The summed E-state index contributed by atoms with van der Waals surface area (Å²) in [5.74, 6) is -2.10. The van der Waals surface area contributed by atoms with Crippen molar-refractivity contribution in [2.45, 2.75) is 176 Å². The summed E-state index contributed by atoms with van der Waals surface area (Å²) >= 11 is 0. The van der Waals surface area contributed by atoms with Gasteiger partial charge in [0.05, 0.1) is 36.9 Å². The van der Waals surface area contributed by atoms with E-state index in [0.717, 1.165) is 31.3 Å². The Morgan fingerprint density at radius 3 is 2.07 bits per heavy atom. The summed E-state index contributed by atoms with van der Waals surface area (Å²) in [6.07, 6.45) is -2.00. The van der Waals surface area contributed by atoms with Gasteiger partial charge >= 0.3 is 17.9 Å². The van der Waals surface area contributed by atoms with Crippen LogP contribution in [0.2, 0.25) is 0 Å². The second-order valence-electron chi connectivity index (χ2n) is 20.5. The summed E-state index contributed by atoms with van der Waals surface area (Å²) in [5, 5.41) is 58.0. The standard InChI is InChI=1S/C45H70O13/c1-12-23(2)38(53)57-35-33(52)39(54-24(3)34(35)55-25(4)48)58-36-37(56-26(5)49)45(22-47)28(19-40(36,6)7)27-13-14-30-41(8)17-16-31(50)42(9,21-46)29(41)15-18-43(30,10)44(27,11)20-32(45)51/h12-13,24,28-37,39,46-47,50-52H,14-22H2,1-11H3/b23-12-/t24-,28+,29-,30-,31+,32-,33-,34+,35-,36+,37+,39+,41+,42-,43-,44-,45+/m1/s1. The van der Waals surface area contributed by atoms with Gasteiger partial charge in [-0.15, -0.1) is 0 Å². The highest BCUT2D eigenvalue weighted by atomic mass is 16.7. The van der Waals surface area contributed by atoms with Gasteiger partial charge in [-0.05, 0) is 105 Å². The summed E-state index contributed by atoms with van der Waals surface area (Å²) in [4.78, 5) is 38.2. The van der Waals surface area contributed by atoms with Gasteiger partial charge in [0, 0.05) is 24.8 Å². The normalized spacial score (nSPS) is 48.6. The Kier molecular flexibility index (Phi) is 12.1. The summed E-state index contributed by atoms with van der Waals surface area (Å²) in [5.41, 5.74) is -2.34. The quantitative estimate of drug-likeness (QED) is 0.0754. The number of allylic oxidation sites excluding steroid dienone is 3. The molecule has 1 aliphatic heterocycles.